The van der Waals surface area contributed by atoms with Gasteiger partial charge in [-0.15, -0.1) is 0 Å². The number of anilines is 1. The van der Waals surface area contributed by atoms with Gasteiger partial charge in [-0.05, 0) is 29.0 Å². The summed E-state index contributed by atoms with van der Waals surface area (Å²) in [5.41, 5.74) is 6.45. The second kappa shape index (κ2) is 5.80. The zero-order valence-corrected chi connectivity index (χ0v) is 14.1. The largest absolute Gasteiger partial charge is 0.327 e. The van der Waals surface area contributed by atoms with Crippen LogP contribution < -0.4 is 16.4 Å². The van der Waals surface area contributed by atoms with E-state index < -0.39 is 5.82 Å². The molecule has 6 heteroatoms. The summed E-state index contributed by atoms with van der Waals surface area (Å²) in [6.45, 7) is 8.52. The number of benzene rings is 1. The Morgan fingerprint density at radius 2 is 1.91 bits per heavy atom. The van der Waals surface area contributed by atoms with Crippen molar-refractivity contribution in [1.82, 2.24) is 5.32 Å². The summed E-state index contributed by atoms with van der Waals surface area (Å²) in [6.07, 6.45) is 0. The summed E-state index contributed by atoms with van der Waals surface area (Å²) in [5.74, 6) is -0.659. The van der Waals surface area contributed by atoms with Crippen LogP contribution in [0.2, 0.25) is 5.02 Å². The van der Waals surface area contributed by atoms with Crippen LogP contribution in [0.3, 0.4) is 0 Å². The van der Waals surface area contributed by atoms with Crippen molar-refractivity contribution in [2.75, 3.05) is 11.9 Å². The second-order valence-corrected chi connectivity index (χ2v) is 7.51. The molecule has 1 amide bonds. The lowest BCUT2D eigenvalue weighted by Crippen LogP contribution is -2.75. The number of nitrogens with one attached hydrogen (secondary N) is 2. The van der Waals surface area contributed by atoms with Gasteiger partial charge >= 0.3 is 0 Å². The summed E-state index contributed by atoms with van der Waals surface area (Å²) >= 11 is 5.89. The van der Waals surface area contributed by atoms with E-state index in [-0.39, 0.29) is 40.4 Å². The Morgan fingerprint density at radius 1 is 1.32 bits per heavy atom. The molecule has 0 bridgehead atoms. The first-order valence-electron chi connectivity index (χ1n) is 7.30. The molecule has 1 aromatic carbocycles. The minimum absolute atomic E-state index is 0.0721. The second-order valence-electron chi connectivity index (χ2n) is 7.11. The lowest BCUT2D eigenvalue weighted by Gasteiger charge is -2.63. The van der Waals surface area contributed by atoms with Crippen LogP contribution >= 0.6 is 11.6 Å². The molecular formula is C16H23ClFN3O. The Hall–Kier alpha value is -1.17. The van der Waals surface area contributed by atoms with Gasteiger partial charge in [-0.25, -0.2) is 4.39 Å². The Kier molecular flexibility index (Phi) is 4.53. The van der Waals surface area contributed by atoms with Crippen LogP contribution in [-0.2, 0) is 4.79 Å². The molecule has 4 nitrogen and oxygen atoms in total. The molecule has 4 N–H and O–H groups in total. The van der Waals surface area contributed by atoms with Gasteiger partial charge in [0.1, 0.15) is 5.82 Å². The van der Waals surface area contributed by atoms with E-state index in [9.17, 15) is 9.18 Å². The fourth-order valence-corrected chi connectivity index (χ4v) is 3.90. The van der Waals surface area contributed by atoms with Gasteiger partial charge < -0.3 is 16.4 Å². The number of rotatable bonds is 4. The highest BCUT2D eigenvalue weighted by atomic mass is 35.5. The lowest BCUT2D eigenvalue weighted by molar-refractivity contribution is -0.118. The molecular weight excluding hydrogens is 305 g/mol. The maximum atomic E-state index is 13.0. The molecule has 1 saturated carbocycles. The van der Waals surface area contributed by atoms with Crippen molar-refractivity contribution in [1.29, 1.82) is 0 Å². The van der Waals surface area contributed by atoms with E-state index in [1.165, 1.54) is 18.2 Å². The van der Waals surface area contributed by atoms with Gasteiger partial charge in [0.2, 0.25) is 5.91 Å². The van der Waals surface area contributed by atoms with Crippen LogP contribution in [0.1, 0.15) is 27.7 Å². The van der Waals surface area contributed by atoms with Crippen LogP contribution in [0.25, 0.3) is 0 Å². The van der Waals surface area contributed by atoms with E-state index in [1.807, 2.05) is 0 Å². The fourth-order valence-electron chi connectivity index (χ4n) is 3.69. The lowest BCUT2D eigenvalue weighted by atomic mass is 9.48. The average molecular weight is 328 g/mol. The molecule has 1 aliphatic carbocycles. The van der Waals surface area contributed by atoms with Gasteiger partial charge in [-0.2, -0.15) is 0 Å². The number of amides is 1. The molecule has 0 spiro atoms. The smallest absolute Gasteiger partial charge is 0.238 e. The SMILES string of the molecule is CC1(C)C(N)C(C)(C)C1NCC(=O)Nc1ccc(F)cc1Cl. The molecule has 1 fully saturated rings. The van der Waals surface area contributed by atoms with E-state index in [2.05, 4.69) is 38.3 Å². The standard InChI is InChI=1S/C16H23ClFN3O/c1-15(2)13(19)16(3,4)14(15)20-8-12(22)21-11-6-5-9(18)7-10(11)17/h5-7,13-14,20H,8,19H2,1-4H3,(H,21,22). The zero-order chi connectivity index (χ0) is 16.7. The number of carbonyl (C=O) groups excluding carboxylic acids is 1. The van der Waals surface area contributed by atoms with Crippen LogP contribution in [-0.4, -0.2) is 24.5 Å². The van der Waals surface area contributed by atoms with E-state index in [0.717, 1.165) is 0 Å². The molecule has 1 aromatic rings. The monoisotopic (exact) mass is 327 g/mol. The van der Waals surface area contributed by atoms with Gasteiger partial charge in [-0.1, -0.05) is 39.3 Å². The van der Waals surface area contributed by atoms with Crippen molar-refractivity contribution in [3.05, 3.63) is 29.0 Å². The summed E-state index contributed by atoms with van der Waals surface area (Å²) in [4.78, 5) is 12.0. The van der Waals surface area contributed by atoms with E-state index in [1.54, 1.807) is 0 Å². The van der Waals surface area contributed by atoms with Crippen molar-refractivity contribution in [2.24, 2.45) is 16.6 Å². The first-order valence-corrected chi connectivity index (χ1v) is 7.68. The summed E-state index contributed by atoms with van der Waals surface area (Å²) in [6, 6.07) is 4.09. The molecule has 0 atom stereocenters. The first-order chi connectivity index (χ1) is 10.1. The van der Waals surface area contributed by atoms with Gasteiger partial charge in [0.15, 0.2) is 0 Å². The summed E-state index contributed by atoms with van der Waals surface area (Å²) in [5, 5.41) is 6.13. The number of nitrogens with two attached hydrogens (primary N) is 1. The van der Waals surface area contributed by atoms with Crippen molar-refractivity contribution < 1.29 is 9.18 Å². The predicted molar refractivity (Wildman–Crippen MR) is 87.4 cm³/mol. The Morgan fingerprint density at radius 3 is 2.45 bits per heavy atom. The predicted octanol–water partition coefficient (Wildman–Crippen LogP) is 2.77. The van der Waals surface area contributed by atoms with Gasteiger partial charge in [0.05, 0.1) is 17.3 Å². The first kappa shape index (κ1) is 17.2. The molecule has 0 aromatic heterocycles. The van der Waals surface area contributed by atoms with Gasteiger partial charge in [0.25, 0.3) is 0 Å². The molecule has 2 rings (SSSR count). The Labute approximate surface area is 135 Å². The number of hydrogen-bond donors (Lipinski definition) is 3. The van der Waals surface area contributed by atoms with Crippen LogP contribution in [0, 0.1) is 16.6 Å². The average Bonchev–Trinajstić information content (AvgIpc) is 2.40. The van der Waals surface area contributed by atoms with Crippen molar-refractivity contribution >= 4 is 23.2 Å². The molecule has 0 heterocycles. The maximum Gasteiger partial charge on any atom is 0.238 e. The highest BCUT2D eigenvalue weighted by Crippen LogP contribution is 2.52. The quantitative estimate of drug-likeness (QED) is 0.796. The normalized spacial score (nSPS) is 25.4. The topological polar surface area (TPSA) is 67.1 Å². The van der Waals surface area contributed by atoms with Crippen LogP contribution in [0.5, 0.6) is 0 Å². The summed E-state index contributed by atoms with van der Waals surface area (Å²) < 4.78 is 13.0. The van der Waals surface area contributed by atoms with Crippen LogP contribution in [0.15, 0.2) is 18.2 Å². The minimum Gasteiger partial charge on any atom is -0.327 e. The van der Waals surface area contributed by atoms with Crippen molar-refractivity contribution in [3.63, 3.8) is 0 Å². The maximum absolute atomic E-state index is 13.0. The zero-order valence-electron chi connectivity index (χ0n) is 13.3. The molecule has 0 saturated heterocycles. The van der Waals surface area contributed by atoms with Gasteiger partial charge in [0, 0.05) is 12.1 Å². The van der Waals surface area contributed by atoms with E-state index in [0.29, 0.717) is 5.69 Å². The molecule has 1 aliphatic rings. The highest BCUT2D eigenvalue weighted by molar-refractivity contribution is 6.33. The molecule has 122 valence electrons. The van der Waals surface area contributed by atoms with E-state index >= 15 is 0 Å². The van der Waals surface area contributed by atoms with Crippen LogP contribution in [0.4, 0.5) is 10.1 Å². The third kappa shape index (κ3) is 2.98. The molecule has 0 unspecified atom stereocenters. The van der Waals surface area contributed by atoms with Crippen molar-refractivity contribution in [3.8, 4) is 0 Å². The molecule has 22 heavy (non-hydrogen) atoms. The number of halogens is 2. The Balaban J connectivity index is 1.94. The third-order valence-electron chi connectivity index (χ3n) is 4.76. The van der Waals surface area contributed by atoms with E-state index in [4.69, 9.17) is 17.3 Å². The Bertz CT molecular complexity index is 573. The minimum atomic E-state index is -0.437. The van der Waals surface area contributed by atoms with Gasteiger partial charge in [-0.3, -0.25) is 4.79 Å². The molecule has 0 radical (unpaired) electrons. The number of hydrogen-bond acceptors (Lipinski definition) is 3. The third-order valence-corrected chi connectivity index (χ3v) is 5.08. The fraction of sp³-hybridized carbons (Fsp3) is 0.562. The molecule has 0 aliphatic heterocycles. The highest BCUT2D eigenvalue weighted by Gasteiger charge is 2.59. The van der Waals surface area contributed by atoms with Crippen molar-refractivity contribution in [2.45, 2.75) is 39.8 Å². The summed E-state index contributed by atoms with van der Waals surface area (Å²) in [7, 11) is 0. The number of carbonyl (C=O) groups is 1.